The molecule has 4 nitrogen and oxygen atoms in total. The molecule has 0 N–H and O–H groups in total. The molecule has 2 aromatic carbocycles. The van der Waals surface area contributed by atoms with Crippen molar-refractivity contribution in [3.8, 4) is 22.3 Å². The van der Waals surface area contributed by atoms with Crippen LogP contribution in [0.5, 0.6) is 0 Å². The van der Waals surface area contributed by atoms with E-state index < -0.39 is 0 Å². The smallest absolute Gasteiger partial charge is 0.115 e. The highest BCUT2D eigenvalue weighted by molar-refractivity contribution is 6.04. The van der Waals surface area contributed by atoms with Crippen molar-refractivity contribution in [3.63, 3.8) is 0 Å². The van der Waals surface area contributed by atoms with Crippen LogP contribution in [0, 0.1) is 0 Å². The van der Waals surface area contributed by atoms with Crippen LogP contribution in [0.2, 0.25) is 0 Å². The van der Waals surface area contributed by atoms with E-state index in [0.29, 0.717) is 0 Å². The molecule has 0 unspecified atom stereocenters. The molecule has 4 heteroatoms. The molecule has 104 valence electrons. The van der Waals surface area contributed by atoms with Gasteiger partial charge in [-0.25, -0.2) is 19.9 Å². The van der Waals surface area contributed by atoms with E-state index in [9.17, 15) is 0 Å². The van der Waals surface area contributed by atoms with Crippen LogP contribution in [-0.2, 0) is 0 Å². The van der Waals surface area contributed by atoms with Gasteiger partial charge in [0.15, 0.2) is 0 Å². The van der Waals surface area contributed by atoms with E-state index in [1.165, 1.54) is 10.8 Å². The second-order valence-electron chi connectivity index (χ2n) is 4.96. The van der Waals surface area contributed by atoms with Crippen LogP contribution >= 0.6 is 0 Å². The zero-order chi connectivity index (χ0) is 14.8. The third kappa shape index (κ3) is 2.11. The van der Waals surface area contributed by atoms with Crippen molar-refractivity contribution in [2.45, 2.75) is 0 Å². The lowest BCUT2D eigenvalue weighted by molar-refractivity contribution is 1.17. The predicted octanol–water partition coefficient (Wildman–Crippen LogP) is 3.75. The second kappa shape index (κ2) is 5.33. The normalized spacial score (nSPS) is 10.7. The summed E-state index contributed by atoms with van der Waals surface area (Å²) < 4.78 is 0. The van der Waals surface area contributed by atoms with Gasteiger partial charge in [-0.1, -0.05) is 36.4 Å². The minimum atomic E-state index is 1.01. The fourth-order valence-electron chi connectivity index (χ4n) is 2.68. The maximum absolute atomic E-state index is 4.12. The topological polar surface area (TPSA) is 51.6 Å². The Morgan fingerprint density at radius 1 is 0.500 bits per heavy atom. The molecule has 0 amide bonds. The Bertz CT molecular complexity index is 843. The molecule has 0 radical (unpaired) electrons. The minimum Gasteiger partial charge on any atom is -0.244 e. The Hall–Kier alpha value is -3.14. The second-order valence-corrected chi connectivity index (χ2v) is 4.96. The van der Waals surface area contributed by atoms with E-state index in [4.69, 9.17) is 0 Å². The predicted molar refractivity (Wildman–Crippen MR) is 86.0 cm³/mol. The summed E-state index contributed by atoms with van der Waals surface area (Å²) in [6, 6.07) is 12.5. The lowest BCUT2D eigenvalue weighted by Gasteiger charge is -2.11. The number of hydrogen-bond acceptors (Lipinski definition) is 4. The summed E-state index contributed by atoms with van der Waals surface area (Å²) in [7, 11) is 0. The number of benzene rings is 2. The first kappa shape index (κ1) is 12.6. The lowest BCUT2D eigenvalue weighted by atomic mass is 9.94. The Morgan fingerprint density at radius 2 is 0.909 bits per heavy atom. The third-order valence-corrected chi connectivity index (χ3v) is 3.67. The quantitative estimate of drug-likeness (QED) is 0.562. The molecule has 4 aromatic rings. The maximum atomic E-state index is 4.12. The molecular formula is C18H12N4. The van der Waals surface area contributed by atoms with Crippen LogP contribution in [0.3, 0.4) is 0 Å². The maximum Gasteiger partial charge on any atom is 0.115 e. The van der Waals surface area contributed by atoms with Crippen molar-refractivity contribution in [1.82, 2.24) is 19.9 Å². The van der Waals surface area contributed by atoms with Gasteiger partial charge in [-0.3, -0.25) is 0 Å². The highest BCUT2D eigenvalue weighted by Crippen LogP contribution is 2.34. The van der Waals surface area contributed by atoms with Crippen LogP contribution in [0.1, 0.15) is 0 Å². The van der Waals surface area contributed by atoms with E-state index in [1.54, 1.807) is 12.7 Å². The van der Waals surface area contributed by atoms with Crippen molar-refractivity contribution in [3.05, 3.63) is 73.8 Å². The van der Waals surface area contributed by atoms with Crippen molar-refractivity contribution < 1.29 is 0 Å². The summed E-state index contributed by atoms with van der Waals surface area (Å²) in [5, 5.41) is 2.33. The first-order chi connectivity index (χ1) is 10.9. The van der Waals surface area contributed by atoms with Crippen LogP contribution in [0.4, 0.5) is 0 Å². The molecule has 0 fully saturated rings. The molecule has 0 saturated carbocycles. The van der Waals surface area contributed by atoms with Crippen molar-refractivity contribution in [1.29, 1.82) is 0 Å². The molecule has 0 saturated heterocycles. The summed E-state index contributed by atoms with van der Waals surface area (Å²) >= 11 is 0. The van der Waals surface area contributed by atoms with Gasteiger partial charge < -0.3 is 0 Å². The largest absolute Gasteiger partial charge is 0.244 e. The van der Waals surface area contributed by atoms with Gasteiger partial charge in [-0.05, 0) is 21.9 Å². The van der Waals surface area contributed by atoms with Crippen LogP contribution in [0.25, 0.3) is 33.0 Å². The number of aromatic nitrogens is 4. The Labute approximate surface area is 127 Å². The average molecular weight is 284 g/mol. The first-order valence-electron chi connectivity index (χ1n) is 6.96. The number of hydrogen-bond donors (Lipinski definition) is 0. The summed E-state index contributed by atoms with van der Waals surface area (Å²) in [6.45, 7) is 0. The van der Waals surface area contributed by atoms with Gasteiger partial charge >= 0.3 is 0 Å². The zero-order valence-corrected chi connectivity index (χ0v) is 11.7. The molecule has 0 aliphatic rings. The third-order valence-electron chi connectivity index (χ3n) is 3.67. The number of fused-ring (bicyclic) bond motifs is 1. The number of nitrogens with zero attached hydrogens (tertiary/aromatic N) is 4. The Balaban J connectivity index is 2.01. The highest BCUT2D eigenvalue weighted by Gasteiger charge is 2.09. The highest BCUT2D eigenvalue weighted by atomic mass is 14.8. The molecular weight excluding hydrogens is 272 g/mol. The zero-order valence-electron chi connectivity index (χ0n) is 11.7. The molecule has 0 atom stereocenters. The van der Waals surface area contributed by atoms with E-state index in [2.05, 4.69) is 44.2 Å². The fourth-order valence-corrected chi connectivity index (χ4v) is 2.68. The van der Waals surface area contributed by atoms with Crippen molar-refractivity contribution in [2.75, 3.05) is 0 Å². The number of rotatable bonds is 2. The minimum absolute atomic E-state index is 1.01. The Morgan fingerprint density at radius 3 is 1.32 bits per heavy atom. The van der Waals surface area contributed by atoms with E-state index in [0.717, 1.165) is 22.3 Å². The molecule has 2 aromatic heterocycles. The lowest BCUT2D eigenvalue weighted by Crippen LogP contribution is -1.88. The van der Waals surface area contributed by atoms with Crippen LogP contribution in [-0.4, -0.2) is 19.9 Å². The molecule has 0 spiro atoms. The summed E-state index contributed by atoms with van der Waals surface area (Å²) in [6.07, 6.45) is 10.4. The molecule has 4 rings (SSSR count). The van der Waals surface area contributed by atoms with Crippen molar-refractivity contribution >= 4 is 10.8 Å². The van der Waals surface area contributed by atoms with Crippen LogP contribution in [0.15, 0.2) is 73.8 Å². The van der Waals surface area contributed by atoms with E-state index in [-0.39, 0.29) is 0 Å². The average Bonchev–Trinajstić information content (AvgIpc) is 2.62. The molecule has 0 aliphatic carbocycles. The van der Waals surface area contributed by atoms with Gasteiger partial charge in [0.25, 0.3) is 0 Å². The van der Waals surface area contributed by atoms with E-state index in [1.807, 2.05) is 36.9 Å². The first-order valence-corrected chi connectivity index (χ1v) is 6.96. The van der Waals surface area contributed by atoms with Gasteiger partial charge in [0.05, 0.1) is 0 Å². The van der Waals surface area contributed by atoms with Gasteiger partial charge in [-0.15, -0.1) is 0 Å². The van der Waals surface area contributed by atoms with Gasteiger partial charge in [-0.2, -0.15) is 0 Å². The standard InChI is InChI=1S/C18H12N4/c1-2-4-18-16(14-9-21-12-22-10-14)6-5-15(17(18)3-1)13-7-19-11-20-8-13/h1-12H. The molecule has 22 heavy (non-hydrogen) atoms. The van der Waals surface area contributed by atoms with Crippen LogP contribution < -0.4 is 0 Å². The molecule has 2 heterocycles. The van der Waals surface area contributed by atoms with Crippen molar-refractivity contribution in [2.24, 2.45) is 0 Å². The molecule has 0 bridgehead atoms. The van der Waals surface area contributed by atoms with Gasteiger partial charge in [0, 0.05) is 35.9 Å². The summed E-state index contributed by atoms with van der Waals surface area (Å²) in [5.74, 6) is 0. The summed E-state index contributed by atoms with van der Waals surface area (Å²) in [4.78, 5) is 16.5. The fraction of sp³-hybridized carbons (Fsp3) is 0. The summed E-state index contributed by atoms with van der Waals surface area (Å²) in [5.41, 5.74) is 4.26. The monoisotopic (exact) mass is 284 g/mol. The Kier molecular flexibility index (Phi) is 3.05. The SMILES string of the molecule is c1ccc2c(-c3cncnc3)ccc(-c3cncnc3)c2c1. The van der Waals surface area contributed by atoms with Gasteiger partial charge in [0.1, 0.15) is 12.7 Å². The molecule has 0 aliphatic heterocycles. The van der Waals surface area contributed by atoms with Gasteiger partial charge in [0.2, 0.25) is 0 Å². The van der Waals surface area contributed by atoms with E-state index >= 15 is 0 Å².